The van der Waals surface area contributed by atoms with Crippen LogP contribution in [-0.2, 0) is 58.9 Å². The predicted octanol–water partition coefficient (Wildman–Crippen LogP) is 1.25. The molecule has 4 aliphatic heterocycles. The van der Waals surface area contributed by atoms with Gasteiger partial charge in [-0.05, 0) is 24.3 Å². The van der Waals surface area contributed by atoms with Gasteiger partial charge in [-0.15, -0.1) is 0 Å². The van der Waals surface area contributed by atoms with Gasteiger partial charge in [0.25, 0.3) is 0 Å². The number of hydrogen-bond donors (Lipinski definition) is 4. The van der Waals surface area contributed by atoms with Crippen LogP contribution >= 0.6 is 0 Å². The van der Waals surface area contributed by atoms with E-state index in [9.17, 15) is 33.9 Å². The summed E-state index contributed by atoms with van der Waals surface area (Å²) in [6.07, 6.45) is -1.01. The number of aliphatic carboxylic acids is 1. The zero-order valence-electron chi connectivity index (χ0n) is 33.0. The van der Waals surface area contributed by atoms with Gasteiger partial charge in [-0.3, -0.25) is 9.59 Å². The van der Waals surface area contributed by atoms with E-state index >= 15 is 0 Å². The molecule has 0 aromatic heterocycles. The van der Waals surface area contributed by atoms with E-state index in [-0.39, 0.29) is 83.7 Å². The number of likely N-dealkylation sites (tertiary alicyclic amines) is 2. The zero-order chi connectivity index (χ0) is 41.6. The lowest BCUT2D eigenvalue weighted by Crippen LogP contribution is -2.54. The lowest BCUT2D eigenvalue weighted by molar-refractivity contribution is -0.155. The Labute approximate surface area is 326 Å². The minimum absolute atomic E-state index is 0.0857. The molecule has 0 radical (unpaired) electrons. The summed E-state index contributed by atoms with van der Waals surface area (Å²) in [7, 11) is 2.43. The number of methoxy groups -OCH3 is 2. The van der Waals surface area contributed by atoms with Crippen LogP contribution in [0.4, 0.5) is 9.59 Å². The number of nitrogens with one attached hydrogen (secondary N) is 2. The fraction of sp³-hybridized carbons (Fsp3) is 0.676. The highest BCUT2D eigenvalue weighted by Gasteiger charge is 2.55. The van der Waals surface area contributed by atoms with E-state index in [1.807, 2.05) is 44.2 Å². The Morgan fingerprint density at radius 2 is 1.21 bits per heavy atom. The van der Waals surface area contributed by atoms with Crippen molar-refractivity contribution in [1.29, 1.82) is 0 Å². The number of ether oxygens (including phenoxy) is 7. The molecule has 6 atom stereocenters. The van der Waals surface area contributed by atoms with Crippen LogP contribution in [0.2, 0.25) is 0 Å². The number of alkyl carbamates (subject to hydrolysis) is 2. The van der Waals surface area contributed by atoms with Gasteiger partial charge in [0.2, 0.25) is 11.8 Å². The summed E-state index contributed by atoms with van der Waals surface area (Å²) in [6, 6.07) is 5.75. The van der Waals surface area contributed by atoms with E-state index < -0.39 is 65.4 Å². The van der Waals surface area contributed by atoms with Crippen LogP contribution in [0.3, 0.4) is 0 Å². The summed E-state index contributed by atoms with van der Waals surface area (Å²) in [5, 5.41) is 22.0. The maximum absolute atomic E-state index is 13.3. The average Bonchev–Trinajstić information content (AvgIpc) is 4.00. The van der Waals surface area contributed by atoms with Crippen molar-refractivity contribution >= 4 is 35.9 Å². The molecule has 2 spiro atoms. The van der Waals surface area contributed by atoms with Crippen LogP contribution in [0.25, 0.3) is 0 Å². The van der Waals surface area contributed by atoms with Crippen molar-refractivity contribution in [1.82, 2.24) is 20.4 Å². The molecule has 4 amide bonds. The molecule has 4 fully saturated rings. The van der Waals surface area contributed by atoms with E-state index in [2.05, 4.69) is 20.1 Å². The highest BCUT2D eigenvalue weighted by Crippen LogP contribution is 2.36. The summed E-state index contributed by atoms with van der Waals surface area (Å²) >= 11 is 0. The van der Waals surface area contributed by atoms with Crippen molar-refractivity contribution in [3.8, 4) is 0 Å². The number of benzene rings is 1. The smallest absolute Gasteiger partial charge is 0.407 e. The van der Waals surface area contributed by atoms with Crippen LogP contribution in [0, 0.1) is 11.8 Å². The number of amides is 4. The monoisotopic (exact) mass is 796 g/mol. The van der Waals surface area contributed by atoms with E-state index in [0.717, 1.165) is 5.56 Å². The molecule has 4 aliphatic rings. The first-order chi connectivity index (χ1) is 26.6. The van der Waals surface area contributed by atoms with E-state index in [1.54, 1.807) is 20.8 Å². The summed E-state index contributed by atoms with van der Waals surface area (Å²) in [5.41, 5.74) is -0.686. The number of carboxylic acids is 1. The largest absolute Gasteiger partial charge is 0.480 e. The fourth-order valence-electron chi connectivity index (χ4n) is 6.66. The number of rotatable bonds is 10. The third kappa shape index (κ3) is 12.0. The second-order valence-electron chi connectivity index (χ2n) is 14.4. The van der Waals surface area contributed by atoms with Gasteiger partial charge >= 0.3 is 24.1 Å². The Hall–Kier alpha value is -4.56. The summed E-state index contributed by atoms with van der Waals surface area (Å²) in [5.74, 6) is -2.91. The Balaban J connectivity index is 0.000000289. The number of hydrogen-bond acceptors (Lipinski definition) is 14. The molecule has 1 aromatic rings. The highest BCUT2D eigenvalue weighted by molar-refractivity contribution is 5.91. The van der Waals surface area contributed by atoms with Gasteiger partial charge in [0.15, 0.2) is 0 Å². The first-order valence-electron chi connectivity index (χ1n) is 18.3. The predicted molar refractivity (Wildman–Crippen MR) is 194 cm³/mol. The van der Waals surface area contributed by atoms with Gasteiger partial charge in [-0.25, -0.2) is 19.2 Å². The van der Waals surface area contributed by atoms with E-state index in [1.165, 1.54) is 24.0 Å². The standard InChI is InChI=1S/C21H28N2O7.C14H22N2O7.C2H6O/c1-14(2)17(22-20(26)27-3)18(24)23-11-21(12-28-13-30-21)9-16(23)19(25)29-10-15-7-5-4-6-8-15;1-8(2)10(15-13(20)21-3)11(17)16-5-14(6-22-7-23-14)4-9(16)12(18)19;1-2-3/h4-8,14,16-17H,9-13H2,1-3H3,(H,22,26);8-10H,4-7H2,1-3H3,(H,15,20)(H,18,19);3H,2H2,1H3/t16-,17-,21?;9-,10-,14?;/m00./s1. The first-order valence-corrected chi connectivity index (χ1v) is 18.3. The number of carboxylic acid groups (broad SMARTS) is 1. The SMILES string of the molecule is CCO.COC(=O)N[C@H](C(=O)N1CC2(COCO2)C[C@H]1C(=O)O)C(C)C.COC(=O)N[C@H](C(=O)N1CC2(COCO2)C[C@H]1C(=O)OCc1ccccc1)C(C)C. The maximum Gasteiger partial charge on any atom is 0.407 e. The molecular formula is C37H56N4O15. The van der Waals surface area contributed by atoms with Gasteiger partial charge in [0.1, 0.15) is 55.6 Å². The van der Waals surface area contributed by atoms with Gasteiger partial charge in [0, 0.05) is 19.4 Å². The molecule has 19 nitrogen and oxygen atoms in total. The number of nitrogens with zero attached hydrogens (tertiary/aromatic N) is 2. The summed E-state index contributed by atoms with van der Waals surface area (Å²) in [4.78, 5) is 76.4. The van der Waals surface area contributed by atoms with E-state index in [4.69, 9.17) is 28.8 Å². The van der Waals surface area contributed by atoms with Crippen LogP contribution in [0.1, 0.15) is 53.0 Å². The van der Waals surface area contributed by atoms with Gasteiger partial charge in [-0.1, -0.05) is 58.0 Å². The maximum atomic E-state index is 13.3. The Morgan fingerprint density at radius 3 is 1.59 bits per heavy atom. The normalized spacial score (nSPS) is 24.8. The Bertz CT molecular complexity index is 1480. The van der Waals surface area contributed by atoms with Gasteiger partial charge in [0.05, 0.1) is 40.5 Å². The van der Waals surface area contributed by atoms with Crippen LogP contribution in [0.15, 0.2) is 30.3 Å². The van der Waals surface area contributed by atoms with Gasteiger partial charge < -0.3 is 63.8 Å². The first kappa shape index (κ1) is 45.8. The van der Waals surface area contributed by atoms with Crippen molar-refractivity contribution in [3.63, 3.8) is 0 Å². The molecule has 2 unspecified atom stereocenters. The fourth-order valence-corrected chi connectivity index (χ4v) is 6.66. The number of carbonyl (C=O) groups is 6. The molecule has 56 heavy (non-hydrogen) atoms. The molecule has 0 aliphatic carbocycles. The molecule has 0 saturated carbocycles. The number of aliphatic hydroxyl groups excluding tert-OH is 1. The third-order valence-electron chi connectivity index (χ3n) is 9.56. The third-order valence-corrected chi connectivity index (χ3v) is 9.56. The lowest BCUT2D eigenvalue weighted by atomic mass is 10.0. The van der Waals surface area contributed by atoms with Crippen molar-refractivity contribution in [2.75, 3.05) is 60.7 Å². The second-order valence-corrected chi connectivity index (χ2v) is 14.4. The average molecular weight is 797 g/mol. The lowest BCUT2D eigenvalue weighted by Gasteiger charge is -2.30. The van der Waals surface area contributed by atoms with Crippen molar-refractivity contribution < 1.29 is 72.1 Å². The zero-order valence-corrected chi connectivity index (χ0v) is 33.0. The number of esters is 1. The second kappa shape index (κ2) is 21.1. The molecule has 1 aromatic carbocycles. The minimum atomic E-state index is -1.11. The molecule has 5 rings (SSSR count). The molecule has 19 heteroatoms. The topological polar surface area (TPSA) is 238 Å². The molecule has 4 N–H and O–H groups in total. The van der Waals surface area contributed by atoms with Crippen LogP contribution in [-0.4, -0.2) is 152 Å². The molecule has 4 saturated heterocycles. The Kier molecular flexibility index (Phi) is 17.3. The molecule has 0 bridgehead atoms. The van der Waals surface area contributed by atoms with Crippen molar-refractivity contribution in [2.45, 2.75) is 89.4 Å². The van der Waals surface area contributed by atoms with Gasteiger partial charge in [-0.2, -0.15) is 0 Å². The van der Waals surface area contributed by atoms with E-state index in [0.29, 0.717) is 0 Å². The highest BCUT2D eigenvalue weighted by atomic mass is 16.7. The summed E-state index contributed by atoms with van der Waals surface area (Å²) in [6.45, 7) is 10.2. The summed E-state index contributed by atoms with van der Waals surface area (Å²) < 4.78 is 36.5. The van der Waals surface area contributed by atoms with Crippen molar-refractivity contribution in [2.24, 2.45) is 11.8 Å². The minimum Gasteiger partial charge on any atom is -0.480 e. The molecule has 4 heterocycles. The molecule has 314 valence electrons. The van der Waals surface area contributed by atoms with Crippen LogP contribution < -0.4 is 10.6 Å². The van der Waals surface area contributed by atoms with Crippen molar-refractivity contribution in [3.05, 3.63) is 35.9 Å². The molecular weight excluding hydrogens is 740 g/mol. The number of carbonyl (C=O) groups excluding carboxylic acids is 5. The van der Waals surface area contributed by atoms with Crippen LogP contribution in [0.5, 0.6) is 0 Å². The number of aliphatic hydroxyl groups is 1. The Morgan fingerprint density at radius 1 is 0.786 bits per heavy atom. The quantitative estimate of drug-likeness (QED) is 0.193.